The monoisotopic (exact) mass is 361 g/mol. The van der Waals surface area contributed by atoms with Crippen LogP contribution in [0.1, 0.15) is 11.1 Å². The van der Waals surface area contributed by atoms with Gasteiger partial charge in [-0.05, 0) is 36.8 Å². The average molecular weight is 363 g/mol. The summed E-state index contributed by atoms with van der Waals surface area (Å²) in [6.45, 7) is 2.19. The zero-order chi connectivity index (χ0) is 16.2. The van der Waals surface area contributed by atoms with E-state index in [9.17, 15) is 4.39 Å². The Morgan fingerprint density at radius 1 is 1.09 bits per heavy atom. The summed E-state index contributed by atoms with van der Waals surface area (Å²) < 4.78 is 17.7. The minimum absolute atomic E-state index is 0.0320. The Morgan fingerprint density at radius 3 is 2.41 bits per heavy atom. The standard InChI is InChI=1S/C16H15Cl3FNO/c1-11-2-5-13(6-3-11)21-15-8-12(4-7-14(15)20)9-22-10-16(17,18)19/h2-8,21H,9-10H2,1H3. The second kappa shape index (κ2) is 7.51. The summed E-state index contributed by atoms with van der Waals surface area (Å²) in [5.74, 6) is -0.342. The first-order chi connectivity index (χ1) is 10.3. The fourth-order valence-electron chi connectivity index (χ4n) is 1.84. The van der Waals surface area contributed by atoms with Crippen molar-refractivity contribution in [2.24, 2.45) is 0 Å². The van der Waals surface area contributed by atoms with Gasteiger partial charge in [-0.2, -0.15) is 0 Å². The van der Waals surface area contributed by atoms with Crippen LogP contribution < -0.4 is 5.32 Å². The average Bonchev–Trinajstić information content (AvgIpc) is 2.43. The maximum atomic E-state index is 13.9. The predicted molar refractivity (Wildman–Crippen MR) is 90.8 cm³/mol. The van der Waals surface area contributed by atoms with Crippen molar-refractivity contribution in [3.63, 3.8) is 0 Å². The molecule has 6 heteroatoms. The second-order valence-corrected chi connectivity index (χ2v) is 7.43. The zero-order valence-electron chi connectivity index (χ0n) is 11.9. The third-order valence-corrected chi connectivity index (χ3v) is 3.22. The number of rotatable bonds is 5. The molecule has 0 spiro atoms. The summed E-state index contributed by atoms with van der Waals surface area (Å²) >= 11 is 16.8. The molecule has 0 aromatic heterocycles. The van der Waals surface area contributed by atoms with Crippen LogP contribution in [0, 0.1) is 12.7 Å². The van der Waals surface area contributed by atoms with Crippen LogP contribution in [-0.2, 0) is 11.3 Å². The van der Waals surface area contributed by atoms with E-state index in [1.165, 1.54) is 6.07 Å². The highest BCUT2D eigenvalue weighted by atomic mass is 35.6. The van der Waals surface area contributed by atoms with Crippen molar-refractivity contribution in [2.75, 3.05) is 11.9 Å². The van der Waals surface area contributed by atoms with E-state index in [0.29, 0.717) is 5.69 Å². The topological polar surface area (TPSA) is 21.3 Å². The van der Waals surface area contributed by atoms with Gasteiger partial charge in [0, 0.05) is 5.69 Å². The Morgan fingerprint density at radius 2 is 1.77 bits per heavy atom. The van der Waals surface area contributed by atoms with Gasteiger partial charge in [-0.1, -0.05) is 58.6 Å². The lowest BCUT2D eigenvalue weighted by molar-refractivity contribution is 0.126. The summed E-state index contributed by atoms with van der Waals surface area (Å²) in [6, 6.07) is 12.4. The van der Waals surface area contributed by atoms with Crippen molar-refractivity contribution in [3.05, 3.63) is 59.4 Å². The van der Waals surface area contributed by atoms with Crippen LogP contribution in [0.2, 0.25) is 0 Å². The molecule has 2 aromatic rings. The molecule has 118 valence electrons. The van der Waals surface area contributed by atoms with Gasteiger partial charge in [-0.3, -0.25) is 0 Å². The summed E-state index contributed by atoms with van der Waals surface area (Å²) in [6.07, 6.45) is 0. The molecule has 1 N–H and O–H groups in total. The highest BCUT2D eigenvalue weighted by molar-refractivity contribution is 6.67. The molecule has 0 unspecified atom stereocenters. The maximum Gasteiger partial charge on any atom is 0.213 e. The van der Waals surface area contributed by atoms with E-state index < -0.39 is 3.79 Å². The Bertz CT molecular complexity index is 626. The third-order valence-electron chi connectivity index (χ3n) is 2.90. The molecule has 0 aliphatic heterocycles. The molecule has 2 nitrogen and oxygen atoms in total. The van der Waals surface area contributed by atoms with Gasteiger partial charge in [-0.25, -0.2) is 4.39 Å². The first kappa shape index (κ1) is 17.4. The smallest absolute Gasteiger partial charge is 0.213 e. The number of hydrogen-bond donors (Lipinski definition) is 1. The third kappa shape index (κ3) is 5.65. The second-order valence-electron chi connectivity index (χ2n) is 4.91. The molecule has 2 rings (SSSR count). The van der Waals surface area contributed by atoms with Crippen LogP contribution in [0.3, 0.4) is 0 Å². The molecule has 0 aliphatic carbocycles. The highest BCUT2D eigenvalue weighted by Gasteiger charge is 2.19. The van der Waals surface area contributed by atoms with Gasteiger partial charge in [-0.15, -0.1) is 0 Å². The van der Waals surface area contributed by atoms with E-state index in [0.717, 1.165) is 16.8 Å². The molecule has 0 fully saturated rings. The number of benzene rings is 2. The molecule has 0 amide bonds. The summed E-state index contributed by atoms with van der Waals surface area (Å²) in [4.78, 5) is 0. The van der Waals surface area contributed by atoms with E-state index in [1.807, 2.05) is 31.2 Å². The first-order valence-electron chi connectivity index (χ1n) is 6.60. The number of anilines is 2. The van der Waals surface area contributed by atoms with Crippen molar-refractivity contribution in [1.82, 2.24) is 0 Å². The van der Waals surface area contributed by atoms with Crippen molar-refractivity contribution in [2.45, 2.75) is 17.3 Å². The SMILES string of the molecule is Cc1ccc(Nc2cc(COCC(Cl)(Cl)Cl)ccc2F)cc1. The molecule has 2 aromatic carbocycles. The number of hydrogen-bond acceptors (Lipinski definition) is 2. The van der Waals surface area contributed by atoms with Crippen molar-refractivity contribution in [1.29, 1.82) is 0 Å². The lowest BCUT2D eigenvalue weighted by Gasteiger charge is -2.13. The molecule has 0 atom stereocenters. The minimum Gasteiger partial charge on any atom is -0.372 e. The van der Waals surface area contributed by atoms with Gasteiger partial charge in [0.15, 0.2) is 0 Å². The van der Waals surface area contributed by atoms with E-state index >= 15 is 0 Å². The van der Waals surface area contributed by atoms with Gasteiger partial charge in [0.2, 0.25) is 3.79 Å². The van der Waals surface area contributed by atoms with Gasteiger partial charge >= 0.3 is 0 Å². The predicted octanol–water partition coefficient (Wildman–Crippen LogP) is 5.76. The zero-order valence-corrected chi connectivity index (χ0v) is 14.1. The van der Waals surface area contributed by atoms with E-state index in [4.69, 9.17) is 39.5 Å². The number of ether oxygens (including phenoxy) is 1. The van der Waals surface area contributed by atoms with Crippen LogP contribution >= 0.6 is 34.8 Å². The lowest BCUT2D eigenvalue weighted by atomic mass is 10.2. The maximum absolute atomic E-state index is 13.9. The van der Waals surface area contributed by atoms with Crippen LogP contribution in [0.5, 0.6) is 0 Å². The Kier molecular flexibility index (Phi) is 5.93. The Hall–Kier alpha value is -1.000. The van der Waals surface area contributed by atoms with E-state index in [-0.39, 0.29) is 19.0 Å². The number of nitrogens with one attached hydrogen (secondary N) is 1. The number of aryl methyl sites for hydroxylation is 1. The normalized spacial score (nSPS) is 11.5. The molecular formula is C16H15Cl3FNO. The molecule has 0 aliphatic rings. The van der Waals surface area contributed by atoms with Crippen LogP contribution in [0.4, 0.5) is 15.8 Å². The van der Waals surface area contributed by atoms with Crippen LogP contribution in [0.25, 0.3) is 0 Å². The summed E-state index contributed by atoms with van der Waals surface area (Å²) in [5.41, 5.74) is 3.10. The number of halogens is 4. The fraction of sp³-hybridized carbons (Fsp3) is 0.250. The van der Waals surface area contributed by atoms with Crippen molar-refractivity contribution >= 4 is 46.2 Å². The fourth-order valence-corrected chi connectivity index (χ4v) is 2.07. The highest BCUT2D eigenvalue weighted by Crippen LogP contribution is 2.27. The number of alkyl halides is 3. The van der Waals surface area contributed by atoms with E-state index in [2.05, 4.69) is 5.32 Å². The summed E-state index contributed by atoms with van der Waals surface area (Å²) in [5, 5.41) is 3.04. The quantitative estimate of drug-likeness (QED) is 0.682. The van der Waals surface area contributed by atoms with Gasteiger partial charge in [0.25, 0.3) is 0 Å². The van der Waals surface area contributed by atoms with Crippen molar-refractivity contribution in [3.8, 4) is 0 Å². The largest absolute Gasteiger partial charge is 0.372 e. The molecule has 0 saturated carbocycles. The van der Waals surface area contributed by atoms with Crippen LogP contribution in [0.15, 0.2) is 42.5 Å². The Balaban J connectivity index is 2.05. The van der Waals surface area contributed by atoms with Gasteiger partial charge < -0.3 is 10.1 Å². The molecule has 0 saturated heterocycles. The van der Waals surface area contributed by atoms with Crippen molar-refractivity contribution < 1.29 is 9.13 Å². The molecule has 0 radical (unpaired) electrons. The minimum atomic E-state index is -1.46. The summed E-state index contributed by atoms with van der Waals surface area (Å²) in [7, 11) is 0. The Labute approximate surface area is 144 Å². The molecule has 22 heavy (non-hydrogen) atoms. The van der Waals surface area contributed by atoms with Gasteiger partial charge in [0.1, 0.15) is 5.82 Å². The van der Waals surface area contributed by atoms with Gasteiger partial charge in [0.05, 0.1) is 18.9 Å². The molecule has 0 heterocycles. The lowest BCUT2D eigenvalue weighted by Crippen LogP contribution is -2.12. The van der Waals surface area contributed by atoms with E-state index in [1.54, 1.807) is 12.1 Å². The molecular weight excluding hydrogens is 348 g/mol. The molecule has 0 bridgehead atoms. The first-order valence-corrected chi connectivity index (χ1v) is 7.73. The van der Waals surface area contributed by atoms with Crippen LogP contribution in [-0.4, -0.2) is 10.4 Å².